The summed E-state index contributed by atoms with van der Waals surface area (Å²) in [5, 5.41) is 14.2. The molecule has 332 valence electrons. The Morgan fingerprint density at radius 1 is 1.15 bits per heavy atom. The summed E-state index contributed by atoms with van der Waals surface area (Å²) in [5.41, 5.74) is -2.94. The van der Waals surface area contributed by atoms with E-state index >= 15 is 13.6 Å². The maximum absolute atomic E-state index is 15.4. The van der Waals surface area contributed by atoms with Crippen molar-refractivity contribution in [2.24, 2.45) is 17.8 Å². The van der Waals surface area contributed by atoms with Gasteiger partial charge in [0.1, 0.15) is 40.7 Å². The molecule has 4 aliphatic rings. The van der Waals surface area contributed by atoms with Gasteiger partial charge in [-0.1, -0.05) is 37.6 Å². The van der Waals surface area contributed by atoms with E-state index in [1.807, 2.05) is 11.6 Å². The molecular formula is C41H51ClF3N7O8S. The van der Waals surface area contributed by atoms with Gasteiger partial charge in [0.15, 0.2) is 0 Å². The quantitative estimate of drug-likeness (QED) is 0.221. The number of alkyl halides is 3. The molecule has 0 unspecified atom stereocenters. The first-order chi connectivity index (χ1) is 28.4. The minimum Gasteiger partial charge on any atom is -0.472 e. The fourth-order valence-corrected chi connectivity index (χ4v) is 10.4. The Morgan fingerprint density at radius 2 is 1.85 bits per heavy atom. The number of sulfonamides is 1. The fourth-order valence-electron chi connectivity index (χ4n) is 8.84. The van der Waals surface area contributed by atoms with Crippen LogP contribution in [-0.2, 0) is 24.4 Å². The van der Waals surface area contributed by atoms with Gasteiger partial charge < -0.3 is 20.1 Å². The van der Waals surface area contributed by atoms with Crippen LogP contribution in [0.2, 0.25) is 5.02 Å². The number of hydrogen-bond donors (Lipinski definition) is 3. The van der Waals surface area contributed by atoms with Gasteiger partial charge in [0, 0.05) is 30.5 Å². The monoisotopic (exact) mass is 893 g/mol. The molecule has 1 saturated heterocycles. The number of halogens is 4. The lowest BCUT2D eigenvalue weighted by atomic mass is 9.84. The highest BCUT2D eigenvalue weighted by Gasteiger charge is 2.64. The van der Waals surface area contributed by atoms with Gasteiger partial charge in [-0.15, -0.1) is 0 Å². The number of carboxylic acid groups (broad SMARTS) is 1. The van der Waals surface area contributed by atoms with Crippen molar-refractivity contribution in [2.45, 2.75) is 126 Å². The molecule has 0 radical (unpaired) electrons. The zero-order chi connectivity index (χ0) is 44.6. The van der Waals surface area contributed by atoms with Crippen LogP contribution in [0.4, 0.5) is 18.0 Å². The summed E-state index contributed by atoms with van der Waals surface area (Å²) in [4.78, 5) is 67.8. The van der Waals surface area contributed by atoms with Crippen LogP contribution in [0.5, 0.6) is 5.88 Å². The molecule has 15 nitrogen and oxygen atoms in total. The third kappa shape index (κ3) is 8.00. The first-order valence-electron chi connectivity index (χ1n) is 20.4. The van der Waals surface area contributed by atoms with Gasteiger partial charge in [-0.2, -0.15) is 4.98 Å². The molecular weight excluding hydrogens is 843 g/mol. The second-order valence-electron chi connectivity index (χ2n) is 18.0. The molecule has 61 heavy (non-hydrogen) atoms. The SMILES string of the molecule is Cc1cn2c(n1)nc(O[C@@H]1C[C@H]3C(=O)N[C@]4(C(=O)NS(=O)(=O)C5(CF)CC5)C[C@H]4C=CCC[C@@H](C)C[C@@H](C)[C@H](N(C(=O)O)C(C)(C)C(C)(F)F)C(=O)N3C1)c1cc(Cl)ccc12. The Morgan fingerprint density at radius 3 is 2.49 bits per heavy atom. The van der Waals surface area contributed by atoms with Crippen molar-refractivity contribution in [1.82, 2.24) is 34.2 Å². The molecule has 3 fully saturated rings. The number of aromatic nitrogens is 3. The number of carbonyl (C=O) groups excluding carboxylic acids is 3. The van der Waals surface area contributed by atoms with Gasteiger partial charge in [0.05, 0.1) is 23.1 Å². The van der Waals surface area contributed by atoms with Crippen molar-refractivity contribution >= 4 is 62.1 Å². The number of amides is 4. The lowest BCUT2D eigenvalue weighted by molar-refractivity contribution is -0.156. The number of ether oxygens (including phenoxy) is 1. The summed E-state index contributed by atoms with van der Waals surface area (Å²) in [6, 6.07) is 1.86. The number of allylic oxidation sites excluding steroid dienone is 1. The number of rotatable bonds is 9. The average molecular weight is 894 g/mol. The number of aryl methyl sites for hydroxylation is 1. The Kier molecular flexibility index (Phi) is 11.4. The summed E-state index contributed by atoms with van der Waals surface area (Å²) in [6.07, 6.45) is 3.52. The topological polar surface area (TPSA) is 193 Å². The van der Waals surface area contributed by atoms with Crippen LogP contribution in [-0.4, -0.2) is 115 Å². The van der Waals surface area contributed by atoms with E-state index in [0.29, 0.717) is 46.3 Å². The third-order valence-corrected chi connectivity index (χ3v) is 15.5. The Labute approximate surface area is 356 Å². The number of nitrogens with zero attached hydrogens (tertiary/aromatic N) is 5. The van der Waals surface area contributed by atoms with Crippen molar-refractivity contribution in [1.29, 1.82) is 0 Å². The molecule has 4 amide bonds. The normalized spacial score (nSPS) is 28.3. The van der Waals surface area contributed by atoms with Crippen LogP contribution >= 0.6 is 11.6 Å². The number of fused-ring (bicyclic) bond motifs is 5. The number of nitrogens with one attached hydrogen (secondary N) is 2. The molecule has 20 heteroatoms. The van der Waals surface area contributed by atoms with Crippen molar-refractivity contribution < 1.29 is 50.6 Å². The highest BCUT2D eigenvalue weighted by atomic mass is 35.5. The van der Waals surface area contributed by atoms with Crippen molar-refractivity contribution in [3.63, 3.8) is 0 Å². The van der Waals surface area contributed by atoms with E-state index in [1.54, 1.807) is 54.8 Å². The van der Waals surface area contributed by atoms with Gasteiger partial charge in [-0.05, 0) is 89.3 Å². The largest absolute Gasteiger partial charge is 0.472 e. The summed E-state index contributed by atoms with van der Waals surface area (Å²) in [6.45, 7) is 6.41. The Hall–Kier alpha value is -4.65. The van der Waals surface area contributed by atoms with Crippen LogP contribution in [0.3, 0.4) is 0 Å². The Bertz CT molecular complexity index is 2420. The molecule has 7 atom stereocenters. The van der Waals surface area contributed by atoms with E-state index in [-0.39, 0.29) is 56.2 Å². The molecule has 2 aromatic heterocycles. The highest BCUT2D eigenvalue weighted by Crippen LogP contribution is 2.48. The standard InChI is InChI=1S/C41H51ClF3N7O8S/c1-22-9-7-8-10-25-18-41(25,35(55)49-61(58,59)40(21-43)13-14-40)48-32(53)30-17-27(60-33-28-16-26(42)11-12-29(28)51-19-24(3)46-36(51)47-33)20-50(30)34(54)31(23(2)15-22)52(37(56)57)38(4,5)39(6,44)45/h8,10-12,16,19,22-23,25,27,30-31H,7,9,13-15,17-18,20-21H2,1-6H3,(H,48,53)(H,49,55)(H,56,57)/t22-,23-,25-,27-,30+,31+,41-/m1/s1. The summed E-state index contributed by atoms with van der Waals surface area (Å²) >= 11 is 6.41. The minimum absolute atomic E-state index is 0.0119. The average Bonchev–Trinajstić information content (AvgIpc) is 4.02. The molecule has 2 saturated carbocycles. The first kappa shape index (κ1) is 44.4. The molecule has 2 aliphatic carbocycles. The lowest BCUT2D eigenvalue weighted by Crippen LogP contribution is -2.66. The molecule has 7 rings (SSSR count). The molecule has 3 N–H and O–H groups in total. The molecule has 4 heterocycles. The van der Waals surface area contributed by atoms with Gasteiger partial charge in [0.2, 0.25) is 33.5 Å². The number of benzene rings is 1. The van der Waals surface area contributed by atoms with Crippen LogP contribution in [0.25, 0.3) is 16.7 Å². The molecule has 0 bridgehead atoms. The first-order valence-corrected chi connectivity index (χ1v) is 22.2. The maximum Gasteiger partial charge on any atom is 0.408 e. The number of imidazole rings is 1. The fraction of sp³-hybridized carbons (Fsp3) is 0.610. The minimum atomic E-state index is -4.49. The van der Waals surface area contributed by atoms with Gasteiger partial charge >= 0.3 is 6.09 Å². The zero-order valence-electron chi connectivity index (χ0n) is 34.8. The van der Waals surface area contributed by atoms with Crippen molar-refractivity contribution in [3.05, 3.63) is 47.3 Å². The lowest BCUT2D eigenvalue weighted by Gasteiger charge is -2.47. The van der Waals surface area contributed by atoms with Crippen LogP contribution < -0.4 is 14.8 Å². The number of carbonyl (C=O) groups is 4. The predicted octanol–water partition coefficient (Wildman–Crippen LogP) is 5.81. The molecule has 1 aromatic carbocycles. The zero-order valence-corrected chi connectivity index (χ0v) is 36.3. The van der Waals surface area contributed by atoms with E-state index in [4.69, 9.17) is 16.3 Å². The predicted molar refractivity (Wildman–Crippen MR) is 218 cm³/mol. The van der Waals surface area contributed by atoms with Crippen LogP contribution in [0.15, 0.2) is 36.5 Å². The molecule has 3 aromatic rings. The summed E-state index contributed by atoms with van der Waals surface area (Å²) < 4.78 is 79.8. The molecule has 2 aliphatic heterocycles. The van der Waals surface area contributed by atoms with Crippen molar-refractivity contribution in [2.75, 3.05) is 13.2 Å². The van der Waals surface area contributed by atoms with Crippen molar-refractivity contribution in [3.8, 4) is 5.88 Å². The second-order valence-corrected chi connectivity index (χ2v) is 20.5. The molecule has 0 spiro atoms. The summed E-state index contributed by atoms with van der Waals surface area (Å²) in [5.74, 6) is -7.85. The Balaban J connectivity index is 1.31. The van der Waals surface area contributed by atoms with Crippen LogP contribution in [0, 0.1) is 24.7 Å². The second kappa shape index (κ2) is 15.6. The van der Waals surface area contributed by atoms with E-state index in [0.717, 1.165) is 18.7 Å². The smallest absolute Gasteiger partial charge is 0.408 e. The van der Waals surface area contributed by atoms with E-state index in [1.165, 1.54) is 0 Å². The van der Waals surface area contributed by atoms with E-state index in [2.05, 4.69) is 15.3 Å². The van der Waals surface area contributed by atoms with Gasteiger partial charge in [-0.3, -0.25) is 28.4 Å². The number of hydrogen-bond acceptors (Lipinski definition) is 9. The van der Waals surface area contributed by atoms with E-state index in [9.17, 15) is 32.3 Å². The van der Waals surface area contributed by atoms with Gasteiger partial charge in [0.25, 0.3) is 11.8 Å². The maximum atomic E-state index is 15.4. The van der Waals surface area contributed by atoms with Gasteiger partial charge in [-0.25, -0.2) is 31.4 Å². The van der Waals surface area contributed by atoms with Crippen LogP contribution in [0.1, 0.15) is 85.3 Å². The van der Waals surface area contributed by atoms with E-state index < -0.39 is 92.3 Å². The third-order valence-electron chi connectivity index (χ3n) is 13.1. The summed E-state index contributed by atoms with van der Waals surface area (Å²) in [7, 11) is -4.49. The highest BCUT2D eigenvalue weighted by molar-refractivity contribution is 7.91.